The Kier molecular flexibility index (Phi) is 11.4. The van der Waals surface area contributed by atoms with E-state index in [1.54, 1.807) is 0 Å². The summed E-state index contributed by atoms with van der Waals surface area (Å²) in [6, 6.07) is 0.707. The molecular weight excluding hydrogens is 429 g/mol. The van der Waals surface area contributed by atoms with Gasteiger partial charge in [0, 0.05) is 51.7 Å². The van der Waals surface area contributed by atoms with Gasteiger partial charge in [0.25, 0.3) is 0 Å². The van der Waals surface area contributed by atoms with Crippen LogP contribution in [0.3, 0.4) is 0 Å². The first-order valence-electron chi connectivity index (χ1n) is 9.74. The highest BCUT2D eigenvalue weighted by Crippen LogP contribution is 2.15. The lowest BCUT2D eigenvalue weighted by Gasteiger charge is -2.33. The molecule has 0 saturated carbocycles. The number of nitrogens with one attached hydrogen (secondary N) is 2. The summed E-state index contributed by atoms with van der Waals surface area (Å²) in [5.74, 6) is 1.20. The molecule has 2 fully saturated rings. The summed E-state index contributed by atoms with van der Waals surface area (Å²) in [5.41, 5.74) is 0. The molecular formula is C18H36IN5O. The van der Waals surface area contributed by atoms with E-state index in [-0.39, 0.29) is 24.0 Å². The third-order valence-electron chi connectivity index (χ3n) is 5.00. The van der Waals surface area contributed by atoms with Gasteiger partial charge < -0.3 is 15.5 Å². The van der Waals surface area contributed by atoms with Gasteiger partial charge in [-0.3, -0.25) is 14.7 Å². The Bertz CT molecular complexity index is 418. The number of likely N-dealkylation sites (tertiary alicyclic amines) is 2. The molecule has 0 aliphatic carbocycles. The number of carbonyl (C=O) groups is 1. The predicted molar refractivity (Wildman–Crippen MR) is 115 cm³/mol. The molecule has 2 rings (SSSR count). The van der Waals surface area contributed by atoms with Gasteiger partial charge in [-0.15, -0.1) is 24.0 Å². The lowest BCUT2D eigenvalue weighted by molar-refractivity contribution is -0.127. The Balaban J connectivity index is 0.00000312. The van der Waals surface area contributed by atoms with E-state index < -0.39 is 0 Å². The van der Waals surface area contributed by atoms with Gasteiger partial charge >= 0.3 is 0 Å². The van der Waals surface area contributed by atoms with Gasteiger partial charge in [0.05, 0.1) is 0 Å². The van der Waals surface area contributed by atoms with E-state index >= 15 is 0 Å². The zero-order valence-corrected chi connectivity index (χ0v) is 18.3. The molecule has 7 heteroatoms. The summed E-state index contributed by atoms with van der Waals surface area (Å²) in [7, 11) is 0. The van der Waals surface area contributed by atoms with Crippen molar-refractivity contribution in [3.8, 4) is 0 Å². The molecule has 2 aliphatic heterocycles. The first kappa shape index (κ1) is 22.5. The largest absolute Gasteiger partial charge is 0.357 e. The van der Waals surface area contributed by atoms with Crippen molar-refractivity contribution in [2.45, 2.75) is 58.4 Å². The number of rotatable bonds is 8. The fourth-order valence-corrected chi connectivity index (χ4v) is 3.54. The Hall–Kier alpha value is -0.570. The van der Waals surface area contributed by atoms with Crippen LogP contribution in [-0.4, -0.2) is 73.5 Å². The van der Waals surface area contributed by atoms with Crippen LogP contribution in [-0.2, 0) is 4.79 Å². The third kappa shape index (κ3) is 8.11. The Morgan fingerprint density at radius 3 is 2.72 bits per heavy atom. The van der Waals surface area contributed by atoms with Crippen LogP contribution in [0.15, 0.2) is 4.99 Å². The molecule has 1 amide bonds. The van der Waals surface area contributed by atoms with E-state index in [9.17, 15) is 4.79 Å². The summed E-state index contributed by atoms with van der Waals surface area (Å²) in [4.78, 5) is 20.8. The van der Waals surface area contributed by atoms with Gasteiger partial charge in [0.1, 0.15) is 0 Å². The molecule has 0 bridgehead atoms. The van der Waals surface area contributed by atoms with Crippen molar-refractivity contribution in [1.29, 1.82) is 0 Å². The smallest absolute Gasteiger partial charge is 0.222 e. The first-order valence-corrected chi connectivity index (χ1v) is 9.74. The average molecular weight is 465 g/mol. The molecule has 2 saturated heterocycles. The maximum absolute atomic E-state index is 11.6. The number of amides is 1. The lowest BCUT2D eigenvalue weighted by Crippen LogP contribution is -2.45. The van der Waals surface area contributed by atoms with E-state index in [2.05, 4.69) is 34.4 Å². The van der Waals surface area contributed by atoms with Crippen molar-refractivity contribution < 1.29 is 4.79 Å². The van der Waals surface area contributed by atoms with Crippen molar-refractivity contribution in [1.82, 2.24) is 20.4 Å². The fourth-order valence-electron chi connectivity index (χ4n) is 3.54. The van der Waals surface area contributed by atoms with E-state index in [1.807, 2.05) is 4.90 Å². The highest BCUT2D eigenvalue weighted by molar-refractivity contribution is 14.0. The number of guanidine groups is 1. The van der Waals surface area contributed by atoms with Gasteiger partial charge in [-0.2, -0.15) is 0 Å². The van der Waals surface area contributed by atoms with Crippen LogP contribution in [0, 0.1) is 0 Å². The maximum atomic E-state index is 11.6. The zero-order valence-electron chi connectivity index (χ0n) is 15.9. The topological polar surface area (TPSA) is 60.0 Å². The minimum absolute atomic E-state index is 0. The lowest BCUT2D eigenvalue weighted by atomic mass is 10.0. The highest BCUT2D eigenvalue weighted by Gasteiger charge is 2.19. The normalized spacial score (nSPS) is 22.0. The van der Waals surface area contributed by atoms with Gasteiger partial charge in [0.15, 0.2) is 5.96 Å². The number of aliphatic imine (C=N–C) groups is 1. The molecule has 2 aliphatic rings. The first-order chi connectivity index (χ1) is 11.7. The summed E-state index contributed by atoms with van der Waals surface area (Å²) < 4.78 is 0. The summed E-state index contributed by atoms with van der Waals surface area (Å²) >= 11 is 0. The molecule has 2 heterocycles. The fraction of sp³-hybridized carbons (Fsp3) is 0.889. The van der Waals surface area contributed by atoms with Crippen molar-refractivity contribution in [3.63, 3.8) is 0 Å². The van der Waals surface area contributed by atoms with Gasteiger partial charge in [-0.1, -0.05) is 6.42 Å². The number of halogens is 1. The van der Waals surface area contributed by atoms with Crippen LogP contribution in [0.5, 0.6) is 0 Å². The number of carbonyl (C=O) groups excluding carboxylic acids is 1. The molecule has 0 aromatic heterocycles. The average Bonchev–Trinajstić information content (AvgIpc) is 2.98. The molecule has 1 unspecified atom stereocenters. The van der Waals surface area contributed by atoms with Crippen LogP contribution < -0.4 is 10.6 Å². The van der Waals surface area contributed by atoms with Crippen LogP contribution in [0.1, 0.15) is 52.4 Å². The van der Waals surface area contributed by atoms with Gasteiger partial charge in [-0.05, 0) is 46.1 Å². The number of piperidine rings is 1. The van der Waals surface area contributed by atoms with Gasteiger partial charge in [0.2, 0.25) is 5.91 Å². The number of nitrogens with zero attached hydrogens (tertiary/aromatic N) is 3. The molecule has 0 aromatic rings. The molecule has 0 spiro atoms. The monoisotopic (exact) mass is 465 g/mol. The van der Waals surface area contributed by atoms with Crippen LogP contribution in [0.4, 0.5) is 0 Å². The van der Waals surface area contributed by atoms with Crippen molar-refractivity contribution in [2.75, 3.05) is 45.8 Å². The third-order valence-corrected chi connectivity index (χ3v) is 5.00. The molecule has 2 N–H and O–H groups in total. The second-order valence-corrected chi connectivity index (χ2v) is 6.91. The molecule has 0 aromatic carbocycles. The van der Waals surface area contributed by atoms with Crippen molar-refractivity contribution in [3.05, 3.63) is 0 Å². The van der Waals surface area contributed by atoms with Crippen molar-refractivity contribution in [2.24, 2.45) is 4.99 Å². The number of hydrogen-bond donors (Lipinski definition) is 2. The van der Waals surface area contributed by atoms with Crippen LogP contribution >= 0.6 is 24.0 Å². The minimum atomic E-state index is 0. The van der Waals surface area contributed by atoms with Crippen LogP contribution in [0.25, 0.3) is 0 Å². The summed E-state index contributed by atoms with van der Waals surface area (Å²) in [6.45, 7) is 11.1. The van der Waals surface area contributed by atoms with E-state index in [0.29, 0.717) is 11.9 Å². The Morgan fingerprint density at radius 1 is 1.20 bits per heavy atom. The highest BCUT2D eigenvalue weighted by atomic mass is 127. The Labute approximate surface area is 170 Å². The maximum Gasteiger partial charge on any atom is 0.222 e. The summed E-state index contributed by atoms with van der Waals surface area (Å²) in [6.07, 6.45) is 6.70. The Morgan fingerprint density at radius 2 is 2.04 bits per heavy atom. The molecule has 6 nitrogen and oxygen atoms in total. The predicted octanol–water partition coefficient (Wildman–Crippen LogP) is 2.05. The number of hydrogen-bond acceptors (Lipinski definition) is 3. The molecule has 25 heavy (non-hydrogen) atoms. The second-order valence-electron chi connectivity index (χ2n) is 6.91. The van der Waals surface area contributed by atoms with Crippen molar-refractivity contribution >= 4 is 35.8 Å². The SMILES string of the molecule is CCNC(=NCCCN1CCCC1=O)NCCN1CCCCC1C.I. The summed E-state index contributed by atoms with van der Waals surface area (Å²) in [5, 5.41) is 6.75. The standard InChI is InChI=1S/C18H35N5O.HI/c1-3-19-18(20-10-7-14-23-13-6-9-17(23)24)21-11-15-22-12-5-4-8-16(22)2;/h16H,3-15H2,1-2H3,(H2,19,20,21);1H. The van der Waals surface area contributed by atoms with E-state index in [0.717, 1.165) is 64.5 Å². The molecule has 0 radical (unpaired) electrons. The quantitative estimate of drug-likeness (QED) is 0.249. The van der Waals surface area contributed by atoms with Crippen LogP contribution in [0.2, 0.25) is 0 Å². The molecule has 146 valence electrons. The van der Waals surface area contributed by atoms with Gasteiger partial charge in [-0.25, -0.2) is 0 Å². The zero-order chi connectivity index (χ0) is 17.2. The minimum Gasteiger partial charge on any atom is -0.357 e. The van der Waals surface area contributed by atoms with E-state index in [4.69, 9.17) is 0 Å². The molecule has 1 atom stereocenters. The second kappa shape index (κ2) is 12.7. The van der Waals surface area contributed by atoms with E-state index in [1.165, 1.54) is 25.8 Å².